The Balaban J connectivity index is 0.00000300. The van der Waals surface area contributed by atoms with Gasteiger partial charge in [-0.2, -0.15) is 0 Å². The smallest absolute Gasteiger partial charge is 0.175 e. The van der Waals surface area contributed by atoms with Gasteiger partial charge in [0.1, 0.15) is 12.4 Å². The highest BCUT2D eigenvalue weighted by molar-refractivity contribution is 9.10. The fourth-order valence-corrected chi connectivity index (χ4v) is 3.44. The van der Waals surface area contributed by atoms with Crippen LogP contribution in [0.2, 0.25) is 0 Å². The standard InChI is InChI=1S/C23H23BrFNO2.ClH/c1-16-7-9-17(10-8-16)13-26-14-18-11-20(24)23(22(12-18)27-2)28-15-19-5-3-4-6-21(19)25;/h3-12,26H,13-15H2,1-2H3;1H. The molecule has 3 nitrogen and oxygen atoms in total. The molecule has 0 heterocycles. The van der Waals surface area contributed by atoms with Gasteiger partial charge in [0.25, 0.3) is 0 Å². The highest BCUT2D eigenvalue weighted by Crippen LogP contribution is 2.37. The molecule has 0 unspecified atom stereocenters. The number of ether oxygens (including phenoxy) is 2. The van der Waals surface area contributed by atoms with E-state index in [1.54, 1.807) is 25.3 Å². The second-order valence-electron chi connectivity index (χ2n) is 6.58. The lowest BCUT2D eigenvalue weighted by molar-refractivity contribution is 0.277. The van der Waals surface area contributed by atoms with Crippen molar-refractivity contribution < 1.29 is 13.9 Å². The van der Waals surface area contributed by atoms with Crippen molar-refractivity contribution in [3.05, 3.63) is 93.2 Å². The van der Waals surface area contributed by atoms with E-state index in [4.69, 9.17) is 9.47 Å². The Labute approximate surface area is 185 Å². The molecule has 0 aliphatic heterocycles. The monoisotopic (exact) mass is 479 g/mol. The highest BCUT2D eigenvalue weighted by Gasteiger charge is 2.13. The fourth-order valence-electron chi connectivity index (χ4n) is 2.84. The predicted molar refractivity (Wildman–Crippen MR) is 120 cm³/mol. The molecule has 0 radical (unpaired) electrons. The maximum Gasteiger partial charge on any atom is 0.175 e. The minimum Gasteiger partial charge on any atom is -0.493 e. The first kappa shape index (κ1) is 23.2. The maximum absolute atomic E-state index is 13.8. The number of rotatable bonds is 8. The summed E-state index contributed by atoms with van der Waals surface area (Å²) in [6, 6.07) is 19.0. The van der Waals surface area contributed by atoms with Gasteiger partial charge in [0, 0.05) is 18.7 Å². The van der Waals surface area contributed by atoms with Gasteiger partial charge in [0.05, 0.1) is 11.6 Å². The molecular formula is C23H24BrClFNO2. The molecule has 0 aliphatic carbocycles. The van der Waals surface area contributed by atoms with Crippen molar-refractivity contribution in [3.63, 3.8) is 0 Å². The molecule has 0 bridgehead atoms. The van der Waals surface area contributed by atoms with Crippen molar-refractivity contribution in [1.82, 2.24) is 5.32 Å². The summed E-state index contributed by atoms with van der Waals surface area (Å²) < 4.78 is 25.9. The molecule has 0 saturated heterocycles. The van der Waals surface area contributed by atoms with Gasteiger partial charge in [-0.15, -0.1) is 12.4 Å². The van der Waals surface area contributed by atoms with Crippen molar-refractivity contribution >= 4 is 28.3 Å². The van der Waals surface area contributed by atoms with Gasteiger partial charge in [-0.05, 0) is 52.2 Å². The van der Waals surface area contributed by atoms with Crippen LogP contribution in [0.3, 0.4) is 0 Å². The summed E-state index contributed by atoms with van der Waals surface area (Å²) in [6.07, 6.45) is 0. The lowest BCUT2D eigenvalue weighted by Crippen LogP contribution is -2.13. The zero-order valence-corrected chi connectivity index (χ0v) is 18.8. The first-order valence-corrected chi connectivity index (χ1v) is 9.85. The van der Waals surface area contributed by atoms with Gasteiger partial charge in [-0.1, -0.05) is 48.0 Å². The summed E-state index contributed by atoms with van der Waals surface area (Å²) in [7, 11) is 1.60. The Bertz CT molecular complexity index is 935. The summed E-state index contributed by atoms with van der Waals surface area (Å²) in [4.78, 5) is 0. The summed E-state index contributed by atoms with van der Waals surface area (Å²) in [5.41, 5.74) is 4.05. The number of methoxy groups -OCH3 is 1. The Morgan fingerprint density at radius 1 is 0.966 bits per heavy atom. The van der Waals surface area contributed by atoms with Crippen LogP contribution in [0.1, 0.15) is 22.3 Å². The predicted octanol–water partition coefficient (Wildman–Crippen LogP) is 6.20. The van der Waals surface area contributed by atoms with E-state index in [-0.39, 0.29) is 24.8 Å². The van der Waals surface area contributed by atoms with Crippen molar-refractivity contribution in [2.75, 3.05) is 7.11 Å². The van der Waals surface area contributed by atoms with Crippen LogP contribution in [0, 0.1) is 12.7 Å². The van der Waals surface area contributed by atoms with Crippen LogP contribution in [-0.2, 0) is 19.7 Å². The first-order valence-electron chi connectivity index (χ1n) is 9.05. The maximum atomic E-state index is 13.8. The van der Waals surface area contributed by atoms with E-state index in [0.29, 0.717) is 23.6 Å². The summed E-state index contributed by atoms with van der Waals surface area (Å²) >= 11 is 3.55. The SMILES string of the molecule is COc1cc(CNCc2ccc(C)cc2)cc(Br)c1OCc1ccccc1F.Cl. The number of nitrogens with one attached hydrogen (secondary N) is 1. The minimum absolute atomic E-state index is 0. The van der Waals surface area contributed by atoms with Crippen LogP contribution in [0.15, 0.2) is 65.1 Å². The van der Waals surface area contributed by atoms with E-state index in [9.17, 15) is 4.39 Å². The number of hydrogen-bond donors (Lipinski definition) is 1. The van der Waals surface area contributed by atoms with E-state index in [2.05, 4.69) is 52.4 Å². The molecule has 0 spiro atoms. The molecule has 3 rings (SSSR count). The number of halogens is 3. The molecule has 0 fully saturated rings. The molecule has 0 amide bonds. The minimum atomic E-state index is -0.283. The van der Waals surface area contributed by atoms with Crippen molar-refractivity contribution in [1.29, 1.82) is 0 Å². The molecule has 1 N–H and O–H groups in total. The number of benzene rings is 3. The average molecular weight is 481 g/mol. The Morgan fingerprint density at radius 2 is 1.66 bits per heavy atom. The molecule has 3 aromatic rings. The van der Waals surface area contributed by atoms with E-state index in [0.717, 1.165) is 16.6 Å². The van der Waals surface area contributed by atoms with Gasteiger partial charge in [-0.25, -0.2) is 4.39 Å². The number of aryl methyl sites for hydroxylation is 1. The van der Waals surface area contributed by atoms with Gasteiger partial charge in [0.15, 0.2) is 11.5 Å². The lowest BCUT2D eigenvalue weighted by Gasteiger charge is -2.15. The Kier molecular flexibility index (Phi) is 8.96. The summed E-state index contributed by atoms with van der Waals surface area (Å²) in [5, 5.41) is 3.43. The largest absolute Gasteiger partial charge is 0.493 e. The van der Waals surface area contributed by atoms with Crippen LogP contribution in [0.5, 0.6) is 11.5 Å². The van der Waals surface area contributed by atoms with Gasteiger partial charge in [-0.3, -0.25) is 0 Å². The molecule has 29 heavy (non-hydrogen) atoms. The topological polar surface area (TPSA) is 30.5 Å². The molecule has 0 atom stereocenters. The van der Waals surface area contributed by atoms with E-state index < -0.39 is 0 Å². The van der Waals surface area contributed by atoms with Crippen LogP contribution in [0.4, 0.5) is 4.39 Å². The Morgan fingerprint density at radius 3 is 2.34 bits per heavy atom. The quantitative estimate of drug-likeness (QED) is 0.417. The van der Waals surface area contributed by atoms with Gasteiger partial charge in [0.2, 0.25) is 0 Å². The normalized spacial score (nSPS) is 10.3. The van der Waals surface area contributed by atoms with Crippen molar-refractivity contribution in [3.8, 4) is 11.5 Å². The molecule has 0 aliphatic rings. The van der Waals surface area contributed by atoms with Crippen LogP contribution in [-0.4, -0.2) is 7.11 Å². The van der Waals surface area contributed by atoms with E-state index in [1.165, 1.54) is 17.2 Å². The lowest BCUT2D eigenvalue weighted by atomic mass is 10.1. The third-order valence-electron chi connectivity index (χ3n) is 4.40. The molecule has 0 saturated carbocycles. The summed E-state index contributed by atoms with van der Waals surface area (Å²) in [6.45, 7) is 3.69. The van der Waals surface area contributed by atoms with Gasteiger partial charge >= 0.3 is 0 Å². The van der Waals surface area contributed by atoms with E-state index in [1.807, 2.05) is 12.1 Å². The van der Waals surface area contributed by atoms with Crippen molar-refractivity contribution in [2.24, 2.45) is 0 Å². The second-order valence-corrected chi connectivity index (χ2v) is 7.43. The average Bonchev–Trinajstić information content (AvgIpc) is 2.69. The molecule has 3 aromatic carbocycles. The van der Waals surface area contributed by atoms with Crippen LogP contribution < -0.4 is 14.8 Å². The second kappa shape index (κ2) is 11.2. The first-order chi connectivity index (χ1) is 13.6. The van der Waals surface area contributed by atoms with Crippen LogP contribution in [0.25, 0.3) is 0 Å². The molecule has 6 heteroatoms. The number of hydrogen-bond acceptors (Lipinski definition) is 3. The van der Waals surface area contributed by atoms with Gasteiger partial charge < -0.3 is 14.8 Å². The molecular weight excluding hydrogens is 457 g/mol. The zero-order chi connectivity index (χ0) is 19.9. The van der Waals surface area contributed by atoms with E-state index >= 15 is 0 Å². The third-order valence-corrected chi connectivity index (χ3v) is 4.99. The molecule has 0 aromatic heterocycles. The fraction of sp³-hybridized carbons (Fsp3) is 0.217. The third kappa shape index (κ3) is 6.46. The zero-order valence-electron chi connectivity index (χ0n) is 16.4. The molecule has 154 valence electrons. The van der Waals surface area contributed by atoms with Crippen LogP contribution >= 0.6 is 28.3 Å². The highest BCUT2D eigenvalue weighted by atomic mass is 79.9. The Hall–Kier alpha value is -2.08. The van der Waals surface area contributed by atoms with Crippen molar-refractivity contribution in [2.45, 2.75) is 26.6 Å². The summed E-state index contributed by atoms with van der Waals surface area (Å²) in [5.74, 6) is 0.889.